The Morgan fingerprint density at radius 2 is 1.89 bits per heavy atom. The number of carbonyl (C=O) groups excluding carboxylic acids is 1. The molecule has 1 amide bonds. The minimum Gasteiger partial charge on any atom is -0.352 e. The van der Waals surface area contributed by atoms with E-state index in [0.717, 1.165) is 19.4 Å². The van der Waals surface area contributed by atoms with Crippen molar-refractivity contribution in [3.63, 3.8) is 0 Å². The molecule has 0 aromatic heterocycles. The van der Waals surface area contributed by atoms with Crippen LogP contribution in [-0.2, 0) is 4.79 Å². The quantitative estimate of drug-likeness (QED) is 0.654. The van der Waals surface area contributed by atoms with Gasteiger partial charge < -0.3 is 10.6 Å². The third-order valence-corrected chi connectivity index (χ3v) is 3.83. The summed E-state index contributed by atoms with van der Waals surface area (Å²) in [5.41, 5.74) is 0. The van der Waals surface area contributed by atoms with Gasteiger partial charge in [0.05, 0.1) is 6.04 Å². The monoisotopic (exact) mass is 254 g/mol. The van der Waals surface area contributed by atoms with Crippen LogP contribution in [0.25, 0.3) is 0 Å². The molecule has 0 aliphatic heterocycles. The number of amides is 1. The zero-order valence-corrected chi connectivity index (χ0v) is 12.1. The highest BCUT2D eigenvalue weighted by molar-refractivity contribution is 5.81. The van der Waals surface area contributed by atoms with Crippen LogP contribution >= 0.6 is 0 Å². The minimum atomic E-state index is -0.0476. The van der Waals surface area contributed by atoms with E-state index in [1.807, 2.05) is 6.92 Å². The fraction of sp³-hybridized carbons (Fsp3) is 0.933. The van der Waals surface area contributed by atoms with Gasteiger partial charge in [0.1, 0.15) is 0 Å². The molecule has 0 bridgehead atoms. The van der Waals surface area contributed by atoms with Gasteiger partial charge in [-0.2, -0.15) is 0 Å². The van der Waals surface area contributed by atoms with Gasteiger partial charge in [0.25, 0.3) is 0 Å². The smallest absolute Gasteiger partial charge is 0.237 e. The molecule has 1 fully saturated rings. The van der Waals surface area contributed by atoms with E-state index >= 15 is 0 Å². The number of rotatable bonds is 8. The molecule has 0 saturated heterocycles. The summed E-state index contributed by atoms with van der Waals surface area (Å²) in [5.74, 6) is 0.178. The summed E-state index contributed by atoms with van der Waals surface area (Å²) in [4.78, 5) is 12.0. The summed E-state index contributed by atoms with van der Waals surface area (Å²) < 4.78 is 0. The number of nitrogens with one attached hydrogen (secondary N) is 2. The van der Waals surface area contributed by atoms with Gasteiger partial charge in [-0.3, -0.25) is 4.79 Å². The van der Waals surface area contributed by atoms with Crippen molar-refractivity contribution in [2.24, 2.45) is 0 Å². The fourth-order valence-corrected chi connectivity index (χ4v) is 2.54. The fourth-order valence-electron chi connectivity index (χ4n) is 2.54. The van der Waals surface area contributed by atoms with Crippen LogP contribution in [0.2, 0.25) is 0 Å². The lowest BCUT2D eigenvalue weighted by Gasteiger charge is -2.24. The Morgan fingerprint density at radius 1 is 1.17 bits per heavy atom. The van der Waals surface area contributed by atoms with E-state index in [1.165, 1.54) is 44.9 Å². The lowest BCUT2D eigenvalue weighted by molar-refractivity contribution is -0.123. The molecule has 1 unspecified atom stereocenters. The van der Waals surface area contributed by atoms with Crippen LogP contribution in [-0.4, -0.2) is 24.5 Å². The maximum absolute atomic E-state index is 12.0. The van der Waals surface area contributed by atoms with Crippen molar-refractivity contribution in [3.05, 3.63) is 0 Å². The Hall–Kier alpha value is -0.570. The average Bonchev–Trinajstić information content (AvgIpc) is 2.39. The van der Waals surface area contributed by atoms with Crippen LogP contribution in [0, 0.1) is 0 Å². The van der Waals surface area contributed by atoms with Crippen LogP contribution in [0.5, 0.6) is 0 Å². The second kappa shape index (κ2) is 9.37. The van der Waals surface area contributed by atoms with Crippen LogP contribution < -0.4 is 10.6 Å². The molecule has 2 N–H and O–H groups in total. The van der Waals surface area contributed by atoms with E-state index in [-0.39, 0.29) is 11.9 Å². The lowest BCUT2D eigenvalue weighted by Crippen LogP contribution is -2.47. The van der Waals surface area contributed by atoms with Crippen LogP contribution in [0.1, 0.15) is 71.6 Å². The molecular weight excluding hydrogens is 224 g/mol. The molecule has 1 aliphatic rings. The van der Waals surface area contributed by atoms with E-state index in [1.54, 1.807) is 0 Å². The molecule has 18 heavy (non-hydrogen) atoms. The van der Waals surface area contributed by atoms with Gasteiger partial charge in [-0.25, -0.2) is 0 Å². The standard InChI is InChI=1S/C15H30N2O/c1-3-4-5-9-12-16-13(2)15(18)17-14-10-7-6-8-11-14/h13-14,16H,3-12H2,1-2H3,(H,17,18). The van der Waals surface area contributed by atoms with Crippen molar-refractivity contribution in [1.29, 1.82) is 0 Å². The van der Waals surface area contributed by atoms with Gasteiger partial charge in [-0.15, -0.1) is 0 Å². The Balaban J connectivity index is 2.08. The number of carbonyl (C=O) groups is 1. The van der Waals surface area contributed by atoms with Gasteiger partial charge in [-0.1, -0.05) is 45.4 Å². The molecule has 0 aromatic rings. The van der Waals surface area contributed by atoms with Crippen LogP contribution in [0.3, 0.4) is 0 Å². The van der Waals surface area contributed by atoms with Crippen molar-refractivity contribution in [1.82, 2.24) is 10.6 Å². The summed E-state index contributed by atoms with van der Waals surface area (Å²) in [5, 5.41) is 6.49. The van der Waals surface area contributed by atoms with Crippen molar-refractivity contribution >= 4 is 5.91 Å². The zero-order valence-electron chi connectivity index (χ0n) is 12.1. The predicted molar refractivity (Wildman–Crippen MR) is 76.6 cm³/mol. The second-order valence-electron chi connectivity index (χ2n) is 5.58. The van der Waals surface area contributed by atoms with Crippen molar-refractivity contribution in [3.8, 4) is 0 Å². The first-order valence-corrected chi connectivity index (χ1v) is 7.77. The zero-order chi connectivity index (χ0) is 13.2. The summed E-state index contributed by atoms with van der Waals surface area (Å²) in [6.45, 7) is 5.14. The first-order valence-electron chi connectivity index (χ1n) is 7.77. The third kappa shape index (κ3) is 6.39. The molecule has 0 heterocycles. The maximum atomic E-state index is 12.0. The van der Waals surface area contributed by atoms with Gasteiger partial charge in [0.15, 0.2) is 0 Å². The summed E-state index contributed by atoms with van der Waals surface area (Å²) in [6.07, 6.45) is 11.2. The number of hydrogen-bond donors (Lipinski definition) is 2. The van der Waals surface area contributed by atoms with E-state index in [9.17, 15) is 4.79 Å². The minimum absolute atomic E-state index is 0.0476. The second-order valence-corrected chi connectivity index (χ2v) is 5.58. The van der Waals surface area contributed by atoms with Gasteiger partial charge >= 0.3 is 0 Å². The number of unbranched alkanes of at least 4 members (excludes halogenated alkanes) is 3. The molecule has 0 aromatic carbocycles. The Morgan fingerprint density at radius 3 is 2.56 bits per heavy atom. The van der Waals surface area contributed by atoms with Gasteiger partial charge in [-0.05, 0) is 32.7 Å². The van der Waals surface area contributed by atoms with Gasteiger partial charge in [0.2, 0.25) is 5.91 Å². The first-order chi connectivity index (χ1) is 8.74. The normalized spacial score (nSPS) is 18.6. The van der Waals surface area contributed by atoms with E-state index < -0.39 is 0 Å². The SMILES string of the molecule is CCCCCCNC(C)C(=O)NC1CCCCC1. The predicted octanol–water partition coefficient (Wildman–Crippen LogP) is 2.99. The molecule has 1 aliphatic carbocycles. The van der Waals surface area contributed by atoms with Crippen molar-refractivity contribution < 1.29 is 4.79 Å². The highest BCUT2D eigenvalue weighted by atomic mass is 16.2. The summed E-state index contributed by atoms with van der Waals surface area (Å²) in [7, 11) is 0. The molecule has 106 valence electrons. The molecule has 3 heteroatoms. The van der Waals surface area contributed by atoms with Crippen molar-refractivity contribution in [2.45, 2.75) is 83.7 Å². The summed E-state index contributed by atoms with van der Waals surface area (Å²) >= 11 is 0. The lowest BCUT2D eigenvalue weighted by atomic mass is 9.95. The third-order valence-electron chi connectivity index (χ3n) is 3.83. The molecule has 1 rings (SSSR count). The summed E-state index contributed by atoms with van der Waals surface area (Å²) in [6, 6.07) is 0.379. The Kier molecular flexibility index (Phi) is 8.06. The van der Waals surface area contributed by atoms with Crippen LogP contribution in [0.15, 0.2) is 0 Å². The Bertz CT molecular complexity index is 225. The van der Waals surface area contributed by atoms with E-state index in [4.69, 9.17) is 0 Å². The van der Waals surface area contributed by atoms with E-state index in [0.29, 0.717) is 6.04 Å². The molecule has 0 spiro atoms. The average molecular weight is 254 g/mol. The highest BCUT2D eigenvalue weighted by Crippen LogP contribution is 2.17. The topological polar surface area (TPSA) is 41.1 Å². The Labute approximate surface area is 112 Å². The largest absolute Gasteiger partial charge is 0.352 e. The molecule has 1 atom stereocenters. The molecule has 3 nitrogen and oxygen atoms in total. The first kappa shape index (κ1) is 15.5. The highest BCUT2D eigenvalue weighted by Gasteiger charge is 2.18. The maximum Gasteiger partial charge on any atom is 0.237 e. The van der Waals surface area contributed by atoms with E-state index in [2.05, 4.69) is 17.6 Å². The van der Waals surface area contributed by atoms with Crippen LogP contribution in [0.4, 0.5) is 0 Å². The number of hydrogen-bond acceptors (Lipinski definition) is 2. The molecule has 1 saturated carbocycles. The molecule has 0 radical (unpaired) electrons. The molecular formula is C15H30N2O. The van der Waals surface area contributed by atoms with Gasteiger partial charge in [0, 0.05) is 6.04 Å². The van der Waals surface area contributed by atoms with Crippen molar-refractivity contribution in [2.75, 3.05) is 6.54 Å².